The number of piperazine rings is 1. The zero-order valence-corrected chi connectivity index (χ0v) is 20.1. The van der Waals surface area contributed by atoms with Gasteiger partial charge in [0.1, 0.15) is 5.75 Å². The Balaban J connectivity index is 1.33. The number of nitrogens with one attached hydrogen (secondary N) is 1. The molecule has 0 saturated carbocycles. The Bertz CT molecular complexity index is 1410. The number of aliphatic hydroxyl groups excluding tert-OH is 1. The summed E-state index contributed by atoms with van der Waals surface area (Å²) >= 11 is 1.18. The van der Waals surface area contributed by atoms with Crippen LogP contribution in [0, 0.1) is 0 Å². The Morgan fingerprint density at radius 2 is 1.89 bits per heavy atom. The van der Waals surface area contributed by atoms with E-state index in [0.717, 1.165) is 18.6 Å². The quantitative estimate of drug-likeness (QED) is 0.401. The molecule has 2 N–H and O–H groups in total. The van der Waals surface area contributed by atoms with Crippen LogP contribution in [0.5, 0.6) is 5.75 Å². The van der Waals surface area contributed by atoms with E-state index in [-0.39, 0.29) is 18.3 Å². The van der Waals surface area contributed by atoms with Crippen LogP contribution in [0.4, 0.5) is 24.3 Å². The van der Waals surface area contributed by atoms with E-state index < -0.39 is 6.36 Å². The Hall–Kier alpha value is -3.42. The summed E-state index contributed by atoms with van der Waals surface area (Å²) in [6.07, 6.45) is -4.76. The van der Waals surface area contributed by atoms with Gasteiger partial charge in [-0.05, 0) is 30.3 Å². The van der Waals surface area contributed by atoms with Crippen LogP contribution in [0.3, 0.4) is 0 Å². The maximum atomic E-state index is 13.0. The van der Waals surface area contributed by atoms with Crippen LogP contribution in [0.15, 0.2) is 36.4 Å². The average molecular weight is 521 g/mol. The number of aliphatic hydroxyl groups is 1. The molecule has 3 heterocycles. The lowest BCUT2D eigenvalue weighted by Gasteiger charge is -2.34. The van der Waals surface area contributed by atoms with Crippen molar-refractivity contribution in [3.63, 3.8) is 0 Å². The molecule has 5 rings (SSSR count). The molecule has 1 fully saturated rings. The molecule has 0 aliphatic carbocycles. The number of hydrogen-bond acceptors (Lipinski definition) is 8. The summed E-state index contributed by atoms with van der Waals surface area (Å²) in [6.45, 7) is 3.34. The number of rotatable bonds is 6. The van der Waals surface area contributed by atoms with Crippen molar-refractivity contribution >= 4 is 49.6 Å². The second-order valence-corrected chi connectivity index (χ2v) is 9.41. The number of carbonyl (C=O) groups excluding carboxylic acids is 1. The Labute approximate surface area is 207 Å². The predicted octanol–water partition coefficient (Wildman–Crippen LogP) is 3.58. The number of ether oxygens (including phenoxy) is 1. The van der Waals surface area contributed by atoms with E-state index in [1.807, 2.05) is 17.7 Å². The Morgan fingerprint density at radius 1 is 1.11 bits per heavy atom. The third-order valence-corrected chi connectivity index (χ3v) is 6.95. The van der Waals surface area contributed by atoms with Crippen LogP contribution in [0.2, 0.25) is 0 Å². The third-order valence-electron chi connectivity index (χ3n) is 6.02. The van der Waals surface area contributed by atoms with Gasteiger partial charge in [-0.25, -0.2) is 9.97 Å². The van der Waals surface area contributed by atoms with E-state index in [4.69, 9.17) is 5.11 Å². The summed E-state index contributed by atoms with van der Waals surface area (Å²) in [5.74, 6) is 0.113. The highest BCUT2D eigenvalue weighted by Gasteiger charge is 2.31. The predicted molar refractivity (Wildman–Crippen MR) is 130 cm³/mol. The number of carbonyl (C=O) groups is 1. The molecule has 0 radical (unpaired) electrons. The molecule has 2 aromatic carbocycles. The summed E-state index contributed by atoms with van der Waals surface area (Å²) in [4.78, 5) is 26.0. The fourth-order valence-electron chi connectivity index (χ4n) is 4.19. The molecule has 2 aromatic heterocycles. The fraction of sp³-hybridized carbons (Fsp3) is 0.348. The molecular weight excluding hydrogens is 497 g/mol. The van der Waals surface area contributed by atoms with Gasteiger partial charge in [0.05, 0.1) is 27.9 Å². The first-order valence-corrected chi connectivity index (χ1v) is 12.0. The molecule has 4 aromatic rings. The van der Waals surface area contributed by atoms with E-state index in [9.17, 15) is 18.0 Å². The largest absolute Gasteiger partial charge is 0.573 e. The number of anilines is 2. The molecular formula is C23H23F3N6O3S. The van der Waals surface area contributed by atoms with Gasteiger partial charge in [0, 0.05) is 51.4 Å². The minimum absolute atomic E-state index is 0.0660. The lowest BCUT2D eigenvalue weighted by Crippen LogP contribution is -2.49. The maximum Gasteiger partial charge on any atom is 0.573 e. The zero-order chi connectivity index (χ0) is 25.4. The topological polar surface area (TPSA) is 95.7 Å². The van der Waals surface area contributed by atoms with Crippen molar-refractivity contribution in [3.05, 3.63) is 42.0 Å². The van der Waals surface area contributed by atoms with E-state index in [1.54, 1.807) is 17.0 Å². The summed E-state index contributed by atoms with van der Waals surface area (Å²) in [5, 5.41) is 12.7. The van der Waals surface area contributed by atoms with Crippen LogP contribution in [-0.4, -0.2) is 81.0 Å². The first kappa shape index (κ1) is 24.3. The molecule has 13 heteroatoms. The molecule has 9 nitrogen and oxygen atoms in total. The van der Waals surface area contributed by atoms with Crippen LogP contribution >= 0.6 is 11.3 Å². The summed E-state index contributed by atoms with van der Waals surface area (Å²) < 4.78 is 43.9. The third kappa shape index (κ3) is 5.08. The number of fused-ring (bicyclic) bond motifs is 2. The number of aryl methyl sites for hydroxylation is 1. The number of β-amino-alcohol motifs (C(OH)–C–C–N with tert-alkyl or cyclic N) is 1. The minimum Gasteiger partial charge on any atom is -0.406 e. The first-order chi connectivity index (χ1) is 17.2. The van der Waals surface area contributed by atoms with Gasteiger partial charge in [-0.3, -0.25) is 9.69 Å². The van der Waals surface area contributed by atoms with E-state index in [2.05, 4.69) is 24.9 Å². The molecule has 1 aliphatic heterocycles. The Morgan fingerprint density at radius 3 is 2.61 bits per heavy atom. The number of hydrogen-bond donors (Lipinski definition) is 2. The van der Waals surface area contributed by atoms with Crippen LogP contribution in [0.1, 0.15) is 10.4 Å². The van der Waals surface area contributed by atoms with Crippen molar-refractivity contribution < 1.29 is 27.8 Å². The number of nitrogens with zero attached hydrogens (tertiary/aromatic N) is 5. The van der Waals surface area contributed by atoms with Crippen LogP contribution < -0.4 is 10.1 Å². The molecule has 36 heavy (non-hydrogen) atoms. The smallest absolute Gasteiger partial charge is 0.406 e. The van der Waals surface area contributed by atoms with Crippen molar-refractivity contribution in [1.82, 2.24) is 24.3 Å². The second kappa shape index (κ2) is 9.56. The number of thiazole rings is 1. The van der Waals surface area contributed by atoms with Gasteiger partial charge in [0.2, 0.25) is 5.95 Å². The molecule has 0 atom stereocenters. The average Bonchev–Trinajstić information content (AvgIpc) is 3.37. The van der Waals surface area contributed by atoms with Gasteiger partial charge >= 0.3 is 6.36 Å². The van der Waals surface area contributed by atoms with Crippen molar-refractivity contribution in [2.75, 3.05) is 44.6 Å². The SMILES string of the molecule is Cn1c(Nc2nc3ccc(OC(F)(F)F)cc3s2)nc2cc(C(=O)N3CCN(CCO)CC3)ccc21. The number of benzene rings is 2. The van der Waals surface area contributed by atoms with Crippen molar-refractivity contribution in [3.8, 4) is 5.75 Å². The molecule has 190 valence electrons. The summed E-state index contributed by atoms with van der Waals surface area (Å²) in [6, 6.07) is 9.34. The van der Waals surface area contributed by atoms with Crippen LogP contribution in [0.25, 0.3) is 21.3 Å². The number of amides is 1. The fourth-order valence-corrected chi connectivity index (χ4v) is 5.08. The highest BCUT2D eigenvalue weighted by Crippen LogP contribution is 2.33. The maximum absolute atomic E-state index is 13.0. The number of imidazole rings is 1. The van der Waals surface area contributed by atoms with Crippen molar-refractivity contribution in [2.24, 2.45) is 7.05 Å². The zero-order valence-electron chi connectivity index (χ0n) is 19.2. The van der Waals surface area contributed by atoms with Crippen molar-refractivity contribution in [2.45, 2.75) is 6.36 Å². The van der Waals surface area contributed by atoms with Crippen molar-refractivity contribution in [1.29, 1.82) is 0 Å². The molecule has 1 saturated heterocycles. The molecule has 0 spiro atoms. The van der Waals surface area contributed by atoms with Crippen LogP contribution in [-0.2, 0) is 7.05 Å². The molecule has 0 bridgehead atoms. The number of halogens is 3. The van der Waals surface area contributed by atoms with Gasteiger partial charge in [0.15, 0.2) is 5.13 Å². The van der Waals surface area contributed by atoms with Gasteiger partial charge in [-0.1, -0.05) is 11.3 Å². The Kier molecular flexibility index (Phi) is 6.45. The monoisotopic (exact) mass is 520 g/mol. The molecule has 1 amide bonds. The lowest BCUT2D eigenvalue weighted by molar-refractivity contribution is -0.274. The first-order valence-electron chi connectivity index (χ1n) is 11.2. The summed E-state index contributed by atoms with van der Waals surface area (Å²) in [5.41, 5.74) is 2.51. The normalized spacial score (nSPS) is 15.1. The second-order valence-electron chi connectivity index (χ2n) is 8.38. The van der Waals surface area contributed by atoms with Gasteiger partial charge < -0.3 is 24.6 Å². The molecule has 1 aliphatic rings. The summed E-state index contributed by atoms with van der Waals surface area (Å²) in [7, 11) is 1.82. The highest BCUT2D eigenvalue weighted by molar-refractivity contribution is 7.22. The van der Waals surface area contributed by atoms with E-state index in [0.29, 0.717) is 52.0 Å². The lowest BCUT2D eigenvalue weighted by atomic mass is 10.1. The number of alkyl halides is 3. The van der Waals surface area contributed by atoms with E-state index >= 15 is 0 Å². The van der Waals surface area contributed by atoms with Gasteiger partial charge in [-0.2, -0.15) is 0 Å². The van der Waals surface area contributed by atoms with E-state index in [1.165, 1.54) is 29.5 Å². The molecule has 0 unspecified atom stereocenters. The highest BCUT2D eigenvalue weighted by atomic mass is 32.1. The van der Waals surface area contributed by atoms with Gasteiger partial charge in [-0.15, -0.1) is 13.2 Å². The number of aromatic nitrogens is 3. The van der Waals surface area contributed by atoms with Gasteiger partial charge in [0.25, 0.3) is 5.91 Å². The standard InChI is InChI=1S/C23H23F3N6O3S/c1-30-18-5-2-14(20(34)32-8-6-31(7-9-32)10-11-33)12-17(18)27-21(30)29-22-28-16-4-3-15(13-19(16)36-22)35-23(24,25)26/h2-5,12-13,33H,6-11H2,1H3,(H,27,28,29). The minimum atomic E-state index is -4.76.